The fourth-order valence-electron chi connectivity index (χ4n) is 2.52. The Bertz CT molecular complexity index is 783. The van der Waals surface area contributed by atoms with Gasteiger partial charge in [0.1, 0.15) is 11.5 Å². The van der Waals surface area contributed by atoms with Crippen LogP contribution in [0.1, 0.15) is 36.5 Å². The number of nitrogens with one attached hydrogen (secondary N) is 1. The van der Waals surface area contributed by atoms with Crippen LogP contribution in [0, 0.1) is 0 Å². The van der Waals surface area contributed by atoms with Gasteiger partial charge in [-0.25, -0.2) is 5.43 Å². The van der Waals surface area contributed by atoms with Gasteiger partial charge in [-0.3, -0.25) is 4.79 Å². The van der Waals surface area contributed by atoms with Gasteiger partial charge in [-0.05, 0) is 48.6 Å². The predicted octanol–water partition coefficient (Wildman–Crippen LogP) is 3.99. The fourth-order valence-corrected chi connectivity index (χ4v) is 2.52. The molecule has 0 aliphatic carbocycles. The molecule has 2 N–H and O–H groups in total. The van der Waals surface area contributed by atoms with E-state index in [1.54, 1.807) is 12.1 Å². The van der Waals surface area contributed by atoms with E-state index in [9.17, 15) is 9.90 Å². The second-order valence-electron chi connectivity index (χ2n) is 6.18. The highest BCUT2D eigenvalue weighted by atomic mass is 16.5. The van der Waals surface area contributed by atoms with E-state index in [0.29, 0.717) is 17.7 Å². The van der Waals surface area contributed by atoms with Crippen LogP contribution in [0.25, 0.3) is 0 Å². The van der Waals surface area contributed by atoms with Crippen LogP contribution in [0.2, 0.25) is 0 Å². The molecule has 0 fully saturated rings. The lowest BCUT2D eigenvalue weighted by Crippen LogP contribution is -2.24. The summed E-state index contributed by atoms with van der Waals surface area (Å²) >= 11 is 0. The Hall–Kier alpha value is -3.08. The summed E-state index contributed by atoms with van der Waals surface area (Å²) in [7, 11) is 0. The van der Waals surface area contributed by atoms with E-state index in [2.05, 4.69) is 24.0 Å². The van der Waals surface area contributed by atoms with Crippen molar-refractivity contribution in [3.63, 3.8) is 0 Å². The second kappa shape index (κ2) is 10.8. The Kier molecular flexibility index (Phi) is 8.10. The van der Waals surface area contributed by atoms with E-state index in [1.807, 2.05) is 36.4 Å². The van der Waals surface area contributed by atoms with Crippen molar-refractivity contribution < 1.29 is 14.6 Å². The van der Waals surface area contributed by atoms with Crippen molar-refractivity contribution in [1.82, 2.24) is 5.43 Å². The molecule has 2 aromatic rings. The first-order valence-corrected chi connectivity index (χ1v) is 9.09. The monoisotopic (exact) mass is 366 g/mol. The smallest absolute Gasteiger partial charge is 0.277 e. The summed E-state index contributed by atoms with van der Waals surface area (Å²) in [6.07, 6.45) is 7.05. The Morgan fingerprint density at radius 1 is 1.26 bits per heavy atom. The maximum atomic E-state index is 11.8. The minimum Gasteiger partial charge on any atom is -0.507 e. The number of carbonyl (C=O) groups is 1. The third kappa shape index (κ3) is 6.62. The number of aromatic hydroxyl groups is 1. The van der Waals surface area contributed by atoms with Gasteiger partial charge in [-0.15, -0.1) is 6.58 Å². The Labute approximate surface area is 160 Å². The van der Waals surface area contributed by atoms with Gasteiger partial charge in [-0.2, -0.15) is 5.10 Å². The SMILES string of the molecule is C=CCc1cccc(C=NNC(=O)COc2ccc(CCCC)cc2)c1O. The summed E-state index contributed by atoms with van der Waals surface area (Å²) in [4.78, 5) is 11.8. The third-order valence-electron chi connectivity index (χ3n) is 4.02. The molecule has 27 heavy (non-hydrogen) atoms. The number of benzene rings is 2. The molecule has 5 nitrogen and oxygen atoms in total. The summed E-state index contributed by atoms with van der Waals surface area (Å²) in [6, 6.07) is 13.1. The third-order valence-corrected chi connectivity index (χ3v) is 4.02. The number of allylic oxidation sites excluding steroid dienone is 1. The van der Waals surface area contributed by atoms with Crippen molar-refractivity contribution in [3.05, 3.63) is 71.8 Å². The zero-order valence-corrected chi connectivity index (χ0v) is 15.6. The summed E-state index contributed by atoms with van der Waals surface area (Å²) in [5, 5.41) is 14.0. The second-order valence-corrected chi connectivity index (χ2v) is 6.18. The molecule has 0 atom stereocenters. The lowest BCUT2D eigenvalue weighted by molar-refractivity contribution is -0.123. The minimum absolute atomic E-state index is 0.131. The van der Waals surface area contributed by atoms with Gasteiger partial charge in [0.2, 0.25) is 0 Å². The number of aryl methyl sites for hydroxylation is 1. The van der Waals surface area contributed by atoms with Crippen molar-refractivity contribution in [3.8, 4) is 11.5 Å². The molecule has 142 valence electrons. The van der Waals surface area contributed by atoms with Crippen molar-refractivity contribution in [2.24, 2.45) is 5.10 Å². The topological polar surface area (TPSA) is 70.9 Å². The fraction of sp³-hybridized carbons (Fsp3) is 0.273. The molecule has 5 heteroatoms. The molecule has 0 bridgehead atoms. The Morgan fingerprint density at radius 3 is 2.74 bits per heavy atom. The molecular weight excluding hydrogens is 340 g/mol. The molecule has 0 heterocycles. The maximum absolute atomic E-state index is 11.8. The molecule has 1 amide bonds. The summed E-state index contributed by atoms with van der Waals surface area (Å²) in [5.74, 6) is 0.405. The zero-order valence-electron chi connectivity index (χ0n) is 15.6. The maximum Gasteiger partial charge on any atom is 0.277 e. The standard InChI is InChI=1S/C22H26N2O3/c1-3-5-8-17-11-13-20(14-12-17)27-16-21(25)24-23-15-19-10-6-9-18(7-4-2)22(19)26/h4,6,9-15,26H,2-3,5,7-8,16H2,1H3,(H,24,25). The molecular formula is C22H26N2O3. The van der Waals surface area contributed by atoms with Gasteiger partial charge in [-0.1, -0.05) is 43.7 Å². The van der Waals surface area contributed by atoms with E-state index in [-0.39, 0.29) is 18.3 Å². The number of para-hydroxylation sites is 1. The first kappa shape index (κ1) is 20.2. The number of phenols is 1. The van der Waals surface area contributed by atoms with Crippen molar-refractivity contribution in [1.29, 1.82) is 0 Å². The number of phenolic OH excluding ortho intramolecular Hbond substituents is 1. The number of amides is 1. The first-order valence-electron chi connectivity index (χ1n) is 9.09. The summed E-state index contributed by atoms with van der Waals surface area (Å²) < 4.78 is 5.46. The van der Waals surface area contributed by atoms with E-state index in [4.69, 9.17) is 4.74 Å². The number of unbranched alkanes of at least 4 members (excludes halogenated alkanes) is 1. The molecule has 2 aromatic carbocycles. The van der Waals surface area contributed by atoms with Gasteiger partial charge in [0.15, 0.2) is 6.61 Å². The Balaban J connectivity index is 1.81. The van der Waals surface area contributed by atoms with Gasteiger partial charge < -0.3 is 9.84 Å². The Morgan fingerprint density at radius 2 is 2.04 bits per heavy atom. The number of ether oxygens (including phenoxy) is 1. The molecule has 0 saturated carbocycles. The summed E-state index contributed by atoms with van der Waals surface area (Å²) in [6.45, 7) is 5.69. The van der Waals surface area contributed by atoms with Gasteiger partial charge in [0.05, 0.1) is 6.21 Å². The molecule has 0 spiro atoms. The first-order chi connectivity index (χ1) is 13.1. The van der Waals surface area contributed by atoms with Crippen molar-refractivity contribution >= 4 is 12.1 Å². The van der Waals surface area contributed by atoms with E-state index < -0.39 is 0 Å². The van der Waals surface area contributed by atoms with E-state index >= 15 is 0 Å². The molecule has 0 aliphatic rings. The number of nitrogens with zero attached hydrogens (tertiary/aromatic N) is 1. The van der Waals surface area contributed by atoms with Crippen LogP contribution < -0.4 is 10.2 Å². The largest absolute Gasteiger partial charge is 0.507 e. The molecule has 0 aliphatic heterocycles. The van der Waals surface area contributed by atoms with Crippen LogP contribution in [0.5, 0.6) is 11.5 Å². The number of hydrazone groups is 1. The van der Waals surface area contributed by atoms with E-state index in [1.165, 1.54) is 11.8 Å². The quantitative estimate of drug-likeness (QED) is 0.379. The number of hydrogen-bond donors (Lipinski definition) is 2. The highest BCUT2D eigenvalue weighted by Crippen LogP contribution is 2.21. The lowest BCUT2D eigenvalue weighted by atomic mass is 10.1. The van der Waals surface area contributed by atoms with Gasteiger partial charge >= 0.3 is 0 Å². The molecule has 0 radical (unpaired) electrons. The number of rotatable bonds is 10. The van der Waals surface area contributed by atoms with Crippen molar-refractivity contribution in [2.45, 2.75) is 32.6 Å². The van der Waals surface area contributed by atoms with Gasteiger partial charge in [0.25, 0.3) is 5.91 Å². The highest BCUT2D eigenvalue weighted by Gasteiger charge is 2.05. The predicted molar refractivity (Wildman–Crippen MR) is 108 cm³/mol. The number of hydrogen-bond acceptors (Lipinski definition) is 4. The van der Waals surface area contributed by atoms with Crippen molar-refractivity contribution in [2.75, 3.05) is 6.61 Å². The molecule has 2 rings (SSSR count). The lowest BCUT2D eigenvalue weighted by Gasteiger charge is -2.07. The molecule has 0 aromatic heterocycles. The normalized spacial score (nSPS) is 10.7. The average molecular weight is 366 g/mol. The highest BCUT2D eigenvalue weighted by molar-refractivity contribution is 5.86. The van der Waals surface area contributed by atoms with Gasteiger partial charge in [0, 0.05) is 5.56 Å². The zero-order chi connectivity index (χ0) is 19.5. The molecule has 0 unspecified atom stereocenters. The van der Waals surface area contributed by atoms with E-state index in [0.717, 1.165) is 24.8 Å². The van der Waals surface area contributed by atoms with Crippen LogP contribution in [0.4, 0.5) is 0 Å². The molecule has 0 saturated heterocycles. The summed E-state index contributed by atoms with van der Waals surface area (Å²) in [5.41, 5.74) is 4.94. The minimum atomic E-state index is -0.372. The van der Waals surface area contributed by atoms with Crippen LogP contribution >= 0.6 is 0 Å². The van der Waals surface area contributed by atoms with Crippen LogP contribution in [-0.2, 0) is 17.6 Å². The van der Waals surface area contributed by atoms with Crippen LogP contribution in [-0.4, -0.2) is 23.8 Å². The van der Waals surface area contributed by atoms with Crippen LogP contribution in [0.15, 0.2) is 60.2 Å². The van der Waals surface area contributed by atoms with Crippen LogP contribution in [0.3, 0.4) is 0 Å². The number of carbonyl (C=O) groups excluding carboxylic acids is 1. The average Bonchev–Trinajstić information content (AvgIpc) is 2.68.